The van der Waals surface area contributed by atoms with Crippen LogP contribution in [0.15, 0.2) is 18.2 Å². The number of carbonyl (C=O) groups is 1. The van der Waals surface area contributed by atoms with E-state index in [2.05, 4.69) is 51.2 Å². The van der Waals surface area contributed by atoms with Gasteiger partial charge in [-0.1, -0.05) is 66.7 Å². The SMILES string of the molecule is CC(C)c1cccc(C(C)C)c1NC(=O)C(C)(C)C. The molecule has 1 rings (SSSR count). The Hall–Kier alpha value is -1.31. The zero-order chi connectivity index (χ0) is 14.8. The number of hydrogen-bond acceptors (Lipinski definition) is 1. The molecule has 2 heteroatoms. The van der Waals surface area contributed by atoms with Crippen LogP contribution in [0, 0.1) is 5.41 Å². The van der Waals surface area contributed by atoms with Crippen LogP contribution in [-0.4, -0.2) is 5.91 Å². The van der Waals surface area contributed by atoms with Crippen molar-refractivity contribution in [2.75, 3.05) is 5.32 Å². The predicted molar refractivity (Wildman–Crippen MR) is 82.7 cm³/mol. The van der Waals surface area contributed by atoms with Gasteiger partial charge in [-0.25, -0.2) is 0 Å². The average molecular weight is 261 g/mol. The van der Waals surface area contributed by atoms with E-state index in [1.165, 1.54) is 11.1 Å². The number of para-hydroxylation sites is 1. The van der Waals surface area contributed by atoms with E-state index in [0.29, 0.717) is 11.8 Å². The molecule has 0 unspecified atom stereocenters. The Morgan fingerprint density at radius 3 is 1.74 bits per heavy atom. The lowest BCUT2D eigenvalue weighted by Crippen LogP contribution is -2.28. The molecule has 106 valence electrons. The molecule has 0 aliphatic rings. The number of nitrogens with one attached hydrogen (secondary N) is 1. The summed E-state index contributed by atoms with van der Waals surface area (Å²) >= 11 is 0. The molecular weight excluding hydrogens is 234 g/mol. The molecule has 0 saturated heterocycles. The summed E-state index contributed by atoms with van der Waals surface area (Å²) in [7, 11) is 0. The first kappa shape index (κ1) is 15.7. The second-order valence-electron chi connectivity index (χ2n) is 6.82. The summed E-state index contributed by atoms with van der Waals surface area (Å²) < 4.78 is 0. The molecule has 0 atom stereocenters. The third kappa shape index (κ3) is 3.82. The molecule has 19 heavy (non-hydrogen) atoms. The lowest BCUT2D eigenvalue weighted by atomic mass is 9.90. The Bertz CT molecular complexity index is 427. The number of anilines is 1. The van der Waals surface area contributed by atoms with E-state index in [0.717, 1.165) is 5.69 Å². The molecule has 1 aromatic rings. The zero-order valence-corrected chi connectivity index (χ0v) is 13.3. The van der Waals surface area contributed by atoms with Crippen molar-refractivity contribution in [2.45, 2.75) is 60.3 Å². The maximum absolute atomic E-state index is 12.3. The van der Waals surface area contributed by atoms with Gasteiger partial charge in [0.2, 0.25) is 5.91 Å². The minimum Gasteiger partial charge on any atom is -0.325 e. The fourth-order valence-corrected chi connectivity index (χ4v) is 2.00. The van der Waals surface area contributed by atoms with Gasteiger partial charge in [0.25, 0.3) is 0 Å². The van der Waals surface area contributed by atoms with Crippen LogP contribution < -0.4 is 5.32 Å². The molecule has 1 aromatic carbocycles. The van der Waals surface area contributed by atoms with Gasteiger partial charge in [-0.15, -0.1) is 0 Å². The van der Waals surface area contributed by atoms with Crippen molar-refractivity contribution in [2.24, 2.45) is 5.41 Å². The van der Waals surface area contributed by atoms with Crippen LogP contribution in [-0.2, 0) is 4.79 Å². The van der Waals surface area contributed by atoms with E-state index in [4.69, 9.17) is 0 Å². The fraction of sp³-hybridized carbons (Fsp3) is 0.588. The molecule has 0 aromatic heterocycles. The largest absolute Gasteiger partial charge is 0.325 e. The molecule has 0 aliphatic carbocycles. The van der Waals surface area contributed by atoms with Gasteiger partial charge in [0.1, 0.15) is 0 Å². The van der Waals surface area contributed by atoms with Crippen LogP contribution in [0.1, 0.15) is 71.4 Å². The molecule has 2 nitrogen and oxygen atoms in total. The summed E-state index contributed by atoms with van der Waals surface area (Å²) in [6.07, 6.45) is 0. The first-order valence-corrected chi connectivity index (χ1v) is 7.08. The summed E-state index contributed by atoms with van der Waals surface area (Å²) in [6, 6.07) is 6.29. The highest BCUT2D eigenvalue weighted by atomic mass is 16.2. The molecule has 0 bridgehead atoms. The Morgan fingerprint density at radius 2 is 1.42 bits per heavy atom. The summed E-state index contributed by atoms with van der Waals surface area (Å²) in [4.78, 5) is 12.3. The van der Waals surface area contributed by atoms with Crippen molar-refractivity contribution in [1.29, 1.82) is 0 Å². The quantitative estimate of drug-likeness (QED) is 0.822. The van der Waals surface area contributed by atoms with Gasteiger partial charge in [0.05, 0.1) is 0 Å². The van der Waals surface area contributed by atoms with E-state index in [9.17, 15) is 4.79 Å². The van der Waals surface area contributed by atoms with Gasteiger partial charge in [0, 0.05) is 11.1 Å². The average Bonchev–Trinajstić information content (AvgIpc) is 2.27. The second-order valence-corrected chi connectivity index (χ2v) is 6.82. The van der Waals surface area contributed by atoms with Gasteiger partial charge >= 0.3 is 0 Å². The number of carbonyl (C=O) groups excluding carboxylic acids is 1. The number of benzene rings is 1. The normalized spacial score (nSPS) is 12.1. The van der Waals surface area contributed by atoms with Crippen molar-refractivity contribution >= 4 is 11.6 Å². The van der Waals surface area contributed by atoms with E-state index in [1.54, 1.807) is 0 Å². The first-order chi connectivity index (χ1) is 8.64. The van der Waals surface area contributed by atoms with Gasteiger partial charge in [-0.05, 0) is 23.0 Å². The third-order valence-electron chi connectivity index (χ3n) is 3.29. The van der Waals surface area contributed by atoms with Gasteiger partial charge in [-0.2, -0.15) is 0 Å². The molecule has 0 aliphatic heterocycles. The molecule has 0 radical (unpaired) electrons. The van der Waals surface area contributed by atoms with Crippen LogP contribution in [0.5, 0.6) is 0 Å². The summed E-state index contributed by atoms with van der Waals surface area (Å²) in [5, 5.41) is 3.14. The Balaban J connectivity index is 3.26. The molecule has 0 spiro atoms. The van der Waals surface area contributed by atoms with Crippen LogP contribution in [0.25, 0.3) is 0 Å². The Kier molecular flexibility index (Phi) is 4.78. The van der Waals surface area contributed by atoms with Crippen LogP contribution >= 0.6 is 0 Å². The van der Waals surface area contributed by atoms with E-state index in [1.807, 2.05) is 20.8 Å². The molecule has 0 saturated carbocycles. The molecule has 0 heterocycles. The Morgan fingerprint density at radius 1 is 1.00 bits per heavy atom. The van der Waals surface area contributed by atoms with Crippen molar-refractivity contribution in [3.8, 4) is 0 Å². The van der Waals surface area contributed by atoms with Crippen LogP contribution in [0.3, 0.4) is 0 Å². The van der Waals surface area contributed by atoms with Crippen LogP contribution in [0.2, 0.25) is 0 Å². The smallest absolute Gasteiger partial charge is 0.229 e. The van der Waals surface area contributed by atoms with Crippen molar-refractivity contribution in [3.63, 3.8) is 0 Å². The summed E-state index contributed by atoms with van der Waals surface area (Å²) in [6.45, 7) is 14.5. The van der Waals surface area contributed by atoms with E-state index in [-0.39, 0.29) is 11.3 Å². The number of rotatable bonds is 3. The van der Waals surface area contributed by atoms with E-state index >= 15 is 0 Å². The molecular formula is C17H27NO. The zero-order valence-electron chi connectivity index (χ0n) is 13.3. The maximum Gasteiger partial charge on any atom is 0.229 e. The summed E-state index contributed by atoms with van der Waals surface area (Å²) in [5.41, 5.74) is 3.05. The summed E-state index contributed by atoms with van der Waals surface area (Å²) in [5.74, 6) is 0.866. The minimum absolute atomic E-state index is 0.0718. The van der Waals surface area contributed by atoms with Gasteiger partial charge in [-0.3, -0.25) is 4.79 Å². The second kappa shape index (κ2) is 5.77. The topological polar surface area (TPSA) is 29.1 Å². The van der Waals surface area contributed by atoms with Gasteiger partial charge < -0.3 is 5.32 Å². The lowest BCUT2D eigenvalue weighted by Gasteiger charge is -2.24. The fourth-order valence-electron chi connectivity index (χ4n) is 2.00. The van der Waals surface area contributed by atoms with Crippen molar-refractivity contribution < 1.29 is 4.79 Å². The van der Waals surface area contributed by atoms with Crippen molar-refractivity contribution in [3.05, 3.63) is 29.3 Å². The number of hydrogen-bond donors (Lipinski definition) is 1. The highest BCUT2D eigenvalue weighted by Crippen LogP contribution is 2.33. The highest BCUT2D eigenvalue weighted by molar-refractivity contribution is 5.96. The number of amides is 1. The Labute approximate surface area is 117 Å². The highest BCUT2D eigenvalue weighted by Gasteiger charge is 2.24. The van der Waals surface area contributed by atoms with Crippen molar-refractivity contribution in [1.82, 2.24) is 0 Å². The lowest BCUT2D eigenvalue weighted by molar-refractivity contribution is -0.123. The third-order valence-corrected chi connectivity index (χ3v) is 3.29. The standard InChI is InChI=1S/C17H27NO/c1-11(2)13-9-8-10-14(12(3)4)15(13)18-16(19)17(5,6)7/h8-12H,1-7H3,(H,18,19). The first-order valence-electron chi connectivity index (χ1n) is 7.08. The van der Waals surface area contributed by atoms with Crippen LogP contribution in [0.4, 0.5) is 5.69 Å². The van der Waals surface area contributed by atoms with E-state index < -0.39 is 0 Å². The monoisotopic (exact) mass is 261 g/mol. The maximum atomic E-state index is 12.3. The molecule has 1 amide bonds. The van der Waals surface area contributed by atoms with Gasteiger partial charge in [0.15, 0.2) is 0 Å². The molecule has 0 fully saturated rings. The predicted octanol–water partition coefficient (Wildman–Crippen LogP) is 4.92. The molecule has 1 N–H and O–H groups in total. The minimum atomic E-state index is -0.377.